The van der Waals surface area contributed by atoms with Gasteiger partial charge in [0.15, 0.2) is 0 Å². The summed E-state index contributed by atoms with van der Waals surface area (Å²) in [6.07, 6.45) is -0.889. The molecule has 0 spiro atoms. The van der Waals surface area contributed by atoms with Crippen LogP contribution in [0.15, 0.2) is 46.9 Å². The first-order valence-corrected chi connectivity index (χ1v) is 7.73. The van der Waals surface area contributed by atoms with E-state index in [4.69, 9.17) is 11.6 Å². The fraction of sp³-hybridized carbons (Fsp3) is 0.188. The highest BCUT2D eigenvalue weighted by atomic mass is 79.9. The largest absolute Gasteiger partial charge is 0.465 e. The van der Waals surface area contributed by atoms with Crippen molar-refractivity contribution in [2.45, 2.75) is 12.5 Å². The maximum Gasteiger partial charge on any atom is 0.407 e. The molecule has 0 saturated carbocycles. The fourth-order valence-corrected chi connectivity index (χ4v) is 3.30. The van der Waals surface area contributed by atoms with Gasteiger partial charge in [0.1, 0.15) is 0 Å². The predicted molar refractivity (Wildman–Crippen MR) is 85.9 cm³/mol. The number of fused-ring (bicyclic) bond motifs is 1. The number of amides is 1. The third-order valence-corrected chi connectivity index (χ3v) is 4.53. The van der Waals surface area contributed by atoms with Crippen LogP contribution in [-0.2, 0) is 6.54 Å². The normalized spacial score (nSPS) is 17.4. The van der Waals surface area contributed by atoms with E-state index in [-0.39, 0.29) is 5.92 Å². The number of benzene rings is 2. The third-order valence-electron chi connectivity index (χ3n) is 3.79. The summed E-state index contributed by atoms with van der Waals surface area (Å²) in [6, 6.07) is 13.7. The zero-order chi connectivity index (χ0) is 15.0. The summed E-state index contributed by atoms with van der Waals surface area (Å²) in [6.45, 7) is 0.889. The average molecular weight is 367 g/mol. The van der Waals surface area contributed by atoms with Crippen LogP contribution in [0.2, 0.25) is 5.02 Å². The van der Waals surface area contributed by atoms with E-state index in [1.165, 1.54) is 10.5 Å². The summed E-state index contributed by atoms with van der Waals surface area (Å²) in [5, 5.41) is 10.0. The molecule has 0 aromatic heterocycles. The number of halogens is 2. The average Bonchev–Trinajstić information content (AvgIpc) is 2.46. The van der Waals surface area contributed by atoms with E-state index in [1.807, 2.05) is 36.4 Å². The molecule has 108 valence electrons. The maximum atomic E-state index is 11.4. The Morgan fingerprint density at radius 2 is 1.95 bits per heavy atom. The monoisotopic (exact) mass is 365 g/mol. The van der Waals surface area contributed by atoms with Gasteiger partial charge in [-0.2, -0.15) is 0 Å². The van der Waals surface area contributed by atoms with E-state index in [0.29, 0.717) is 18.1 Å². The molecule has 3 rings (SSSR count). The zero-order valence-corrected chi connectivity index (χ0v) is 13.4. The Kier molecular flexibility index (Phi) is 3.91. The molecule has 5 heteroatoms. The van der Waals surface area contributed by atoms with Crippen LogP contribution in [-0.4, -0.2) is 22.6 Å². The van der Waals surface area contributed by atoms with Gasteiger partial charge in [0.2, 0.25) is 0 Å². The van der Waals surface area contributed by atoms with Gasteiger partial charge in [-0.3, -0.25) is 0 Å². The van der Waals surface area contributed by atoms with Gasteiger partial charge in [0.25, 0.3) is 0 Å². The molecule has 1 aliphatic rings. The van der Waals surface area contributed by atoms with Gasteiger partial charge in [0, 0.05) is 28.5 Å². The van der Waals surface area contributed by atoms with Crippen molar-refractivity contribution in [3.05, 3.63) is 68.7 Å². The first-order valence-electron chi connectivity index (χ1n) is 6.56. The molecule has 1 unspecified atom stereocenters. The van der Waals surface area contributed by atoms with E-state index in [1.54, 1.807) is 0 Å². The summed E-state index contributed by atoms with van der Waals surface area (Å²) in [7, 11) is 0. The second kappa shape index (κ2) is 5.70. The molecule has 1 aliphatic heterocycles. The highest BCUT2D eigenvalue weighted by Gasteiger charge is 2.29. The van der Waals surface area contributed by atoms with Gasteiger partial charge in [0.05, 0.1) is 0 Å². The molecule has 0 saturated heterocycles. The second-order valence-corrected chi connectivity index (χ2v) is 6.46. The molecule has 2 aromatic rings. The molecule has 1 amide bonds. The van der Waals surface area contributed by atoms with Gasteiger partial charge >= 0.3 is 6.09 Å². The third kappa shape index (κ3) is 2.92. The Morgan fingerprint density at radius 3 is 2.62 bits per heavy atom. The lowest BCUT2D eigenvalue weighted by molar-refractivity contribution is 0.137. The van der Waals surface area contributed by atoms with Crippen LogP contribution in [0.3, 0.4) is 0 Å². The number of carbonyl (C=O) groups is 1. The van der Waals surface area contributed by atoms with Crippen molar-refractivity contribution in [3.63, 3.8) is 0 Å². The SMILES string of the molecule is O=C(O)N1Cc2cc(Br)ccc2C(c2ccc(Cl)cc2)C1. The smallest absolute Gasteiger partial charge is 0.407 e. The summed E-state index contributed by atoms with van der Waals surface area (Å²) in [5.41, 5.74) is 3.30. The molecular weight excluding hydrogens is 354 g/mol. The van der Waals surface area contributed by atoms with Crippen molar-refractivity contribution in [1.82, 2.24) is 4.90 Å². The minimum Gasteiger partial charge on any atom is -0.465 e. The Bertz CT molecular complexity index is 687. The molecule has 2 aromatic carbocycles. The van der Waals surface area contributed by atoms with Crippen LogP contribution >= 0.6 is 27.5 Å². The molecule has 0 fully saturated rings. The van der Waals surface area contributed by atoms with Crippen LogP contribution in [0, 0.1) is 0 Å². The van der Waals surface area contributed by atoms with Crippen LogP contribution in [0.4, 0.5) is 4.79 Å². The van der Waals surface area contributed by atoms with Gasteiger partial charge < -0.3 is 10.0 Å². The summed E-state index contributed by atoms with van der Waals surface area (Å²) in [5.74, 6) is 0.0372. The Hall–Kier alpha value is -1.52. The van der Waals surface area contributed by atoms with E-state index < -0.39 is 6.09 Å². The quantitative estimate of drug-likeness (QED) is 0.793. The molecule has 1 heterocycles. The lowest BCUT2D eigenvalue weighted by atomic mass is 9.85. The highest BCUT2D eigenvalue weighted by Crippen LogP contribution is 2.35. The van der Waals surface area contributed by atoms with Crippen molar-refractivity contribution in [1.29, 1.82) is 0 Å². The number of hydrogen-bond donors (Lipinski definition) is 1. The predicted octanol–water partition coefficient (Wildman–Crippen LogP) is 4.73. The van der Waals surface area contributed by atoms with Gasteiger partial charge in [-0.05, 0) is 41.0 Å². The second-order valence-electron chi connectivity index (χ2n) is 5.11. The molecule has 1 atom stereocenters. The number of nitrogens with zero attached hydrogens (tertiary/aromatic N) is 1. The summed E-state index contributed by atoms with van der Waals surface area (Å²) < 4.78 is 0.961. The van der Waals surface area contributed by atoms with Crippen molar-refractivity contribution in [3.8, 4) is 0 Å². The molecule has 0 aliphatic carbocycles. The topological polar surface area (TPSA) is 40.5 Å². The van der Waals surface area contributed by atoms with Crippen LogP contribution < -0.4 is 0 Å². The van der Waals surface area contributed by atoms with Crippen LogP contribution in [0.5, 0.6) is 0 Å². The van der Waals surface area contributed by atoms with Crippen molar-refractivity contribution >= 4 is 33.6 Å². The molecule has 0 bridgehead atoms. The first kappa shape index (κ1) is 14.4. The molecule has 0 radical (unpaired) electrons. The minimum absolute atomic E-state index is 0.0372. The zero-order valence-electron chi connectivity index (χ0n) is 11.1. The Balaban J connectivity index is 2.06. The van der Waals surface area contributed by atoms with Crippen molar-refractivity contribution < 1.29 is 9.90 Å². The Labute approximate surface area is 136 Å². The van der Waals surface area contributed by atoms with Gasteiger partial charge in [-0.25, -0.2) is 4.79 Å². The summed E-state index contributed by atoms with van der Waals surface area (Å²) in [4.78, 5) is 12.8. The molecule has 3 nitrogen and oxygen atoms in total. The highest BCUT2D eigenvalue weighted by molar-refractivity contribution is 9.10. The number of rotatable bonds is 1. The standard InChI is InChI=1S/C16H13BrClNO2/c17-12-3-6-14-11(7-12)8-19(16(20)21)9-15(14)10-1-4-13(18)5-2-10/h1-7,15H,8-9H2,(H,20,21). The van der Waals surface area contributed by atoms with Gasteiger partial charge in [-0.1, -0.05) is 45.7 Å². The molecular formula is C16H13BrClNO2. The lowest BCUT2D eigenvalue weighted by Gasteiger charge is -2.33. The molecule has 21 heavy (non-hydrogen) atoms. The minimum atomic E-state index is -0.889. The first-order chi connectivity index (χ1) is 10.0. The molecule has 1 N–H and O–H groups in total. The van der Waals surface area contributed by atoms with Gasteiger partial charge in [-0.15, -0.1) is 0 Å². The van der Waals surface area contributed by atoms with E-state index >= 15 is 0 Å². The number of hydrogen-bond acceptors (Lipinski definition) is 1. The van der Waals surface area contributed by atoms with E-state index in [9.17, 15) is 9.90 Å². The van der Waals surface area contributed by atoms with Crippen molar-refractivity contribution in [2.24, 2.45) is 0 Å². The number of carboxylic acid groups (broad SMARTS) is 1. The van der Waals surface area contributed by atoms with Crippen molar-refractivity contribution in [2.75, 3.05) is 6.54 Å². The van der Waals surface area contributed by atoms with E-state index in [2.05, 4.69) is 22.0 Å². The fourth-order valence-electron chi connectivity index (χ4n) is 2.77. The van der Waals surface area contributed by atoms with Crippen LogP contribution in [0.25, 0.3) is 0 Å². The van der Waals surface area contributed by atoms with E-state index in [0.717, 1.165) is 15.6 Å². The summed E-state index contributed by atoms with van der Waals surface area (Å²) >= 11 is 9.39. The Morgan fingerprint density at radius 1 is 1.24 bits per heavy atom. The van der Waals surface area contributed by atoms with Crippen LogP contribution in [0.1, 0.15) is 22.6 Å². The maximum absolute atomic E-state index is 11.4. The lowest BCUT2D eigenvalue weighted by Crippen LogP contribution is -2.37.